The molecule has 0 saturated heterocycles. The van der Waals surface area contributed by atoms with Gasteiger partial charge in [-0.05, 0) is 0 Å². The predicted molar refractivity (Wildman–Crippen MR) is 62.8 cm³/mol. The van der Waals surface area contributed by atoms with E-state index < -0.39 is 11.7 Å². The summed E-state index contributed by atoms with van der Waals surface area (Å²) in [4.78, 5) is 22.5. The Kier molecular flexibility index (Phi) is 4.63. The van der Waals surface area contributed by atoms with Crippen LogP contribution in [-0.4, -0.2) is 26.3 Å². The van der Waals surface area contributed by atoms with E-state index in [1.54, 1.807) is 0 Å². The number of hydrogen-bond donors (Lipinski definition) is 0. The lowest BCUT2D eigenvalue weighted by atomic mass is 9.54. The van der Waals surface area contributed by atoms with Crippen LogP contribution in [0, 0.1) is 0 Å². The maximum atomic E-state index is 11.2. The van der Waals surface area contributed by atoms with Gasteiger partial charge in [-0.15, -0.1) is 0 Å². The zero-order valence-electron chi connectivity index (χ0n) is 10.4. The molecule has 0 amide bonds. The highest BCUT2D eigenvalue weighted by molar-refractivity contribution is 6.79. The molecule has 5 heteroatoms. The van der Waals surface area contributed by atoms with Gasteiger partial charge in [-0.1, -0.05) is 52.2 Å². The van der Waals surface area contributed by atoms with Crippen LogP contribution in [0.3, 0.4) is 0 Å². The van der Waals surface area contributed by atoms with Crippen LogP contribution in [0.15, 0.2) is 0 Å². The molecule has 0 spiro atoms. The zero-order valence-corrected chi connectivity index (χ0v) is 10.4. The molecule has 0 aromatic carbocycles. The minimum absolute atomic E-state index is 0.279. The van der Waals surface area contributed by atoms with E-state index in [2.05, 4.69) is 4.74 Å². The zero-order chi connectivity index (χ0) is 12.3. The first-order valence-electron chi connectivity index (χ1n) is 4.97. The number of ether oxygens (including phenoxy) is 1. The summed E-state index contributed by atoms with van der Waals surface area (Å²) in [5.74, 6) is -1.18. The molecule has 0 aromatic rings. The van der Waals surface area contributed by atoms with Crippen LogP contribution in [0.1, 0.15) is 41.5 Å². The Hall–Kier alpha value is -0.730. The second-order valence-corrected chi connectivity index (χ2v) is 5.76. The van der Waals surface area contributed by atoms with Crippen molar-refractivity contribution in [1.82, 2.24) is 0 Å². The van der Waals surface area contributed by atoms with Crippen LogP contribution in [0.5, 0.6) is 0 Å². The molecule has 0 fully saturated rings. The largest absolute Gasteiger partial charge is 0.412 e. The van der Waals surface area contributed by atoms with Gasteiger partial charge in [0, 0.05) is 0 Å². The minimum atomic E-state index is -0.590. The van der Waals surface area contributed by atoms with Gasteiger partial charge in [0.2, 0.25) is 0 Å². The Morgan fingerprint density at radius 3 is 1.27 bits per heavy atom. The molecule has 0 heterocycles. The van der Waals surface area contributed by atoms with Crippen LogP contribution >= 0.6 is 0 Å². The van der Waals surface area contributed by atoms with E-state index in [1.165, 1.54) is 14.6 Å². The number of carbonyl (C=O) groups excluding carboxylic acids is 2. The first-order chi connectivity index (χ1) is 6.49. The van der Waals surface area contributed by atoms with Crippen molar-refractivity contribution in [3.05, 3.63) is 0 Å². The molecule has 0 aliphatic heterocycles. The summed E-state index contributed by atoms with van der Waals surface area (Å²) in [5.41, 5.74) is 0. The van der Waals surface area contributed by atoms with E-state index in [-0.39, 0.29) is 10.6 Å². The molecule has 0 saturated carbocycles. The average molecular weight is 208 g/mol. The quantitative estimate of drug-likeness (QED) is 0.517. The molecular weight excluding hydrogens is 190 g/mol. The maximum absolute atomic E-state index is 11.2. The summed E-state index contributed by atoms with van der Waals surface area (Å²) < 4.78 is 4.61. The maximum Gasteiger partial charge on any atom is 0.268 e. The van der Waals surface area contributed by atoms with Crippen molar-refractivity contribution in [3.63, 3.8) is 0 Å². The van der Waals surface area contributed by atoms with Gasteiger partial charge in [-0.2, -0.15) is 0 Å². The molecule has 15 heavy (non-hydrogen) atoms. The molecule has 0 unspecified atom stereocenters. The fourth-order valence-electron chi connectivity index (χ4n) is 0.865. The van der Waals surface area contributed by atoms with Crippen molar-refractivity contribution < 1.29 is 14.3 Å². The Labute approximate surface area is 93.4 Å². The fraction of sp³-hybridized carbons (Fsp3) is 0.800. The SMILES string of the molecule is CC(C)(C)[B]C(=O)OC(=O)[B]C(C)(C)C. The molecule has 2 radical (unpaired) electrons. The number of hydrogen-bond acceptors (Lipinski definition) is 3. The molecular formula is C10H18B2O3. The van der Waals surface area contributed by atoms with Crippen molar-refractivity contribution in [3.8, 4) is 0 Å². The summed E-state index contributed by atoms with van der Waals surface area (Å²) in [7, 11) is 2.78. The van der Waals surface area contributed by atoms with Crippen LogP contribution < -0.4 is 0 Å². The predicted octanol–water partition coefficient (Wildman–Crippen LogP) is 3.09. The molecule has 0 bridgehead atoms. The lowest BCUT2D eigenvalue weighted by Gasteiger charge is -2.17. The van der Waals surface area contributed by atoms with E-state index in [0.717, 1.165) is 0 Å². The van der Waals surface area contributed by atoms with Gasteiger partial charge in [-0.3, -0.25) is 9.59 Å². The monoisotopic (exact) mass is 208 g/mol. The summed E-state index contributed by atoms with van der Waals surface area (Å²) >= 11 is 0. The van der Waals surface area contributed by atoms with E-state index >= 15 is 0 Å². The number of carbonyl (C=O) groups is 2. The summed E-state index contributed by atoms with van der Waals surface area (Å²) in [6, 6.07) is 0. The van der Waals surface area contributed by atoms with Crippen LogP contribution in [0.2, 0.25) is 10.6 Å². The Bertz CT molecular complexity index is 222. The highest BCUT2D eigenvalue weighted by Gasteiger charge is 2.25. The van der Waals surface area contributed by atoms with E-state index in [0.29, 0.717) is 0 Å². The van der Waals surface area contributed by atoms with Crippen molar-refractivity contribution in [2.24, 2.45) is 0 Å². The molecule has 0 aliphatic rings. The lowest BCUT2D eigenvalue weighted by molar-refractivity contribution is 0.183. The molecule has 3 nitrogen and oxygen atoms in total. The van der Waals surface area contributed by atoms with E-state index in [9.17, 15) is 9.59 Å². The second kappa shape index (κ2) is 4.86. The first kappa shape index (κ1) is 14.3. The van der Waals surface area contributed by atoms with E-state index in [1.807, 2.05) is 41.5 Å². The lowest BCUT2D eigenvalue weighted by Crippen LogP contribution is -2.28. The third-order valence-electron chi connectivity index (χ3n) is 1.30. The standard InChI is InChI=1S/C10H18B2O3/c1-9(2,3)11-7(13)15-8(14)12-10(4,5)6/h1-6H3. The molecule has 82 valence electrons. The van der Waals surface area contributed by atoms with Crippen LogP contribution in [0.25, 0.3) is 0 Å². The summed E-state index contributed by atoms with van der Waals surface area (Å²) in [6.45, 7) is 11.2. The van der Waals surface area contributed by atoms with Gasteiger partial charge in [-0.25, -0.2) is 0 Å². The van der Waals surface area contributed by atoms with Crippen LogP contribution in [-0.2, 0) is 4.74 Å². The third kappa shape index (κ3) is 9.57. The smallest absolute Gasteiger partial charge is 0.268 e. The summed E-state index contributed by atoms with van der Waals surface area (Å²) in [6.07, 6.45) is 0. The summed E-state index contributed by atoms with van der Waals surface area (Å²) in [5, 5.41) is -0.557. The van der Waals surface area contributed by atoms with Crippen molar-refractivity contribution >= 4 is 26.3 Å². The molecule has 0 aromatic heterocycles. The van der Waals surface area contributed by atoms with Crippen molar-refractivity contribution in [1.29, 1.82) is 0 Å². The van der Waals surface area contributed by atoms with Crippen molar-refractivity contribution in [2.75, 3.05) is 0 Å². The van der Waals surface area contributed by atoms with Gasteiger partial charge >= 0.3 is 0 Å². The van der Waals surface area contributed by atoms with Gasteiger partial charge < -0.3 is 4.74 Å². The topological polar surface area (TPSA) is 43.4 Å². The van der Waals surface area contributed by atoms with Gasteiger partial charge in [0.1, 0.15) is 0 Å². The van der Waals surface area contributed by atoms with Crippen molar-refractivity contribution in [2.45, 2.75) is 52.2 Å². The van der Waals surface area contributed by atoms with Crippen LogP contribution in [0.4, 0.5) is 9.59 Å². The molecule has 0 N–H and O–H groups in total. The normalized spacial score (nSPS) is 11.9. The highest BCUT2D eigenvalue weighted by atomic mass is 16.6. The molecule has 0 rings (SSSR count). The number of rotatable bonds is 2. The average Bonchev–Trinajstić information content (AvgIpc) is 1.73. The Morgan fingerprint density at radius 1 is 0.800 bits per heavy atom. The first-order valence-corrected chi connectivity index (χ1v) is 4.97. The van der Waals surface area contributed by atoms with E-state index in [4.69, 9.17) is 0 Å². The van der Waals surface area contributed by atoms with Gasteiger partial charge in [0.15, 0.2) is 0 Å². The van der Waals surface area contributed by atoms with Gasteiger partial charge in [0.05, 0.1) is 0 Å². The Balaban J connectivity index is 4.04. The second-order valence-electron chi connectivity index (χ2n) is 5.76. The highest BCUT2D eigenvalue weighted by Crippen LogP contribution is 2.22. The molecule has 0 atom stereocenters. The third-order valence-corrected chi connectivity index (χ3v) is 1.30. The minimum Gasteiger partial charge on any atom is -0.412 e. The van der Waals surface area contributed by atoms with Gasteiger partial charge in [0.25, 0.3) is 26.3 Å². The fourth-order valence-corrected chi connectivity index (χ4v) is 0.865. The molecule has 0 aliphatic carbocycles. The Morgan fingerprint density at radius 2 is 1.07 bits per heavy atom.